The number of amides is 3. The maximum atomic E-state index is 12.7. The molecule has 0 aliphatic heterocycles. The molecule has 1 aliphatic carbocycles. The minimum absolute atomic E-state index is 0.0820. The molecule has 8 nitrogen and oxygen atoms in total. The van der Waals surface area contributed by atoms with Gasteiger partial charge in [0.1, 0.15) is 5.56 Å². The van der Waals surface area contributed by atoms with Gasteiger partial charge in [-0.05, 0) is 45.7 Å². The number of nitrogens with zero attached hydrogens (tertiary/aromatic N) is 2. The number of carbonyl (C=O) groups is 3. The third kappa shape index (κ3) is 5.06. The maximum absolute atomic E-state index is 12.7. The van der Waals surface area contributed by atoms with Crippen LogP contribution in [0.5, 0.6) is 0 Å². The topological polar surface area (TPSA) is 102 Å². The zero-order valence-corrected chi connectivity index (χ0v) is 17.6. The molecule has 3 amide bonds. The molecule has 30 heavy (non-hydrogen) atoms. The van der Waals surface area contributed by atoms with Gasteiger partial charge in [0.05, 0.1) is 17.1 Å². The van der Waals surface area contributed by atoms with Gasteiger partial charge in [0.25, 0.3) is 5.91 Å². The summed E-state index contributed by atoms with van der Waals surface area (Å²) in [6.45, 7) is 4.92. The van der Waals surface area contributed by atoms with Crippen LogP contribution in [-0.4, -0.2) is 39.8 Å². The summed E-state index contributed by atoms with van der Waals surface area (Å²) >= 11 is 0. The lowest BCUT2D eigenvalue weighted by atomic mass is 9.96. The fourth-order valence-electron chi connectivity index (χ4n) is 3.71. The van der Waals surface area contributed by atoms with Crippen molar-refractivity contribution in [2.24, 2.45) is 0 Å². The minimum atomic E-state index is -1.12. The third-order valence-corrected chi connectivity index (χ3v) is 5.33. The van der Waals surface area contributed by atoms with E-state index in [0.29, 0.717) is 17.0 Å². The van der Waals surface area contributed by atoms with E-state index < -0.39 is 24.0 Å². The molecule has 8 heteroatoms. The fraction of sp³-hybridized carbons (Fsp3) is 0.455. The second-order valence-corrected chi connectivity index (χ2v) is 7.64. The number of carbonyl (C=O) groups excluding carboxylic acids is 3. The average Bonchev–Trinajstić information content (AvgIpc) is 3.03. The summed E-state index contributed by atoms with van der Waals surface area (Å²) in [6, 6.07) is 8.96. The van der Waals surface area contributed by atoms with Crippen LogP contribution in [0.15, 0.2) is 30.3 Å². The lowest BCUT2D eigenvalue weighted by Crippen LogP contribution is -2.48. The van der Waals surface area contributed by atoms with Gasteiger partial charge in [-0.25, -0.2) is 14.3 Å². The number of urea groups is 1. The molecule has 0 radical (unpaired) electrons. The monoisotopic (exact) mass is 412 g/mol. The molecule has 2 aromatic rings. The number of aromatic nitrogens is 2. The van der Waals surface area contributed by atoms with Crippen molar-refractivity contribution in [2.45, 2.75) is 65.0 Å². The molecule has 1 fully saturated rings. The Morgan fingerprint density at radius 1 is 1.10 bits per heavy atom. The lowest BCUT2D eigenvalue weighted by molar-refractivity contribution is -0.127. The van der Waals surface area contributed by atoms with Crippen molar-refractivity contribution in [3.63, 3.8) is 0 Å². The van der Waals surface area contributed by atoms with Crippen LogP contribution in [0.2, 0.25) is 0 Å². The Hall–Kier alpha value is -3.16. The molecule has 1 aromatic heterocycles. The summed E-state index contributed by atoms with van der Waals surface area (Å²) in [5.74, 6) is -1.31. The van der Waals surface area contributed by atoms with Crippen LogP contribution in [0.4, 0.5) is 4.79 Å². The van der Waals surface area contributed by atoms with Crippen LogP contribution in [0, 0.1) is 13.8 Å². The molecule has 1 atom stereocenters. The van der Waals surface area contributed by atoms with E-state index in [0.717, 1.165) is 31.4 Å². The number of benzene rings is 1. The molecule has 160 valence electrons. The van der Waals surface area contributed by atoms with Crippen molar-refractivity contribution in [1.29, 1.82) is 0 Å². The molecule has 0 unspecified atom stereocenters. The van der Waals surface area contributed by atoms with E-state index in [1.54, 1.807) is 18.5 Å². The highest BCUT2D eigenvalue weighted by molar-refractivity contribution is 5.99. The van der Waals surface area contributed by atoms with Crippen molar-refractivity contribution in [1.82, 2.24) is 20.4 Å². The molecule has 0 saturated heterocycles. The first-order chi connectivity index (χ1) is 14.4. The lowest BCUT2D eigenvalue weighted by Gasteiger charge is -2.23. The van der Waals surface area contributed by atoms with Gasteiger partial charge in [0, 0.05) is 6.04 Å². The number of aryl methyl sites for hydroxylation is 1. The molecule has 1 saturated carbocycles. The van der Waals surface area contributed by atoms with E-state index in [1.807, 2.05) is 30.3 Å². The number of hydrogen-bond acceptors (Lipinski definition) is 5. The largest absolute Gasteiger partial charge is 0.449 e. The Balaban J connectivity index is 1.60. The van der Waals surface area contributed by atoms with Gasteiger partial charge in [-0.1, -0.05) is 37.5 Å². The summed E-state index contributed by atoms with van der Waals surface area (Å²) in [5, 5.41) is 9.48. The number of esters is 1. The smallest absolute Gasteiger partial charge is 0.342 e. The predicted octanol–water partition coefficient (Wildman–Crippen LogP) is 3.19. The van der Waals surface area contributed by atoms with Gasteiger partial charge in [-0.2, -0.15) is 5.10 Å². The molecule has 3 rings (SSSR count). The van der Waals surface area contributed by atoms with E-state index in [-0.39, 0.29) is 6.04 Å². The summed E-state index contributed by atoms with van der Waals surface area (Å²) in [4.78, 5) is 37.0. The minimum Gasteiger partial charge on any atom is -0.449 e. The van der Waals surface area contributed by atoms with Crippen molar-refractivity contribution in [3.8, 4) is 5.69 Å². The van der Waals surface area contributed by atoms with Crippen molar-refractivity contribution < 1.29 is 19.1 Å². The summed E-state index contributed by atoms with van der Waals surface area (Å²) < 4.78 is 6.98. The number of para-hydroxylation sites is 1. The Bertz CT molecular complexity index is 917. The first kappa shape index (κ1) is 21.5. The number of imide groups is 1. The second kappa shape index (κ2) is 9.56. The zero-order chi connectivity index (χ0) is 21.7. The molecule has 1 aliphatic rings. The number of rotatable bonds is 5. The zero-order valence-electron chi connectivity index (χ0n) is 17.6. The van der Waals surface area contributed by atoms with Crippen molar-refractivity contribution in [2.75, 3.05) is 0 Å². The standard InChI is InChI=1S/C22H28N4O4/c1-14-19(15(2)26(25-14)18-12-8-5-9-13-18)21(28)30-16(3)20(27)24-22(29)23-17-10-6-4-7-11-17/h5,8-9,12-13,16-17H,4,6-7,10-11H2,1-3H3,(H2,23,24,27,29)/t16-/m0/s1. The van der Waals surface area contributed by atoms with Gasteiger partial charge in [-0.3, -0.25) is 10.1 Å². The van der Waals surface area contributed by atoms with Crippen LogP contribution >= 0.6 is 0 Å². The fourth-order valence-corrected chi connectivity index (χ4v) is 3.71. The second-order valence-electron chi connectivity index (χ2n) is 7.64. The van der Waals surface area contributed by atoms with E-state index in [1.165, 1.54) is 13.3 Å². The highest BCUT2D eigenvalue weighted by Crippen LogP contribution is 2.19. The highest BCUT2D eigenvalue weighted by atomic mass is 16.5. The van der Waals surface area contributed by atoms with Crippen molar-refractivity contribution >= 4 is 17.9 Å². The van der Waals surface area contributed by atoms with Gasteiger partial charge >= 0.3 is 12.0 Å². The van der Waals surface area contributed by atoms with E-state index in [4.69, 9.17) is 4.74 Å². The van der Waals surface area contributed by atoms with Gasteiger partial charge < -0.3 is 10.1 Å². The number of hydrogen-bond donors (Lipinski definition) is 2. The van der Waals surface area contributed by atoms with Gasteiger partial charge in [-0.15, -0.1) is 0 Å². The van der Waals surface area contributed by atoms with E-state index in [2.05, 4.69) is 15.7 Å². The van der Waals surface area contributed by atoms with Crippen molar-refractivity contribution in [3.05, 3.63) is 47.3 Å². The van der Waals surface area contributed by atoms with Gasteiger partial charge in [0.15, 0.2) is 6.10 Å². The van der Waals surface area contributed by atoms with E-state index in [9.17, 15) is 14.4 Å². The molecule has 0 bridgehead atoms. The molecule has 0 spiro atoms. The Morgan fingerprint density at radius 3 is 2.43 bits per heavy atom. The number of ether oxygens (including phenoxy) is 1. The van der Waals surface area contributed by atoms with Crippen LogP contribution in [0.1, 0.15) is 60.8 Å². The predicted molar refractivity (Wildman–Crippen MR) is 111 cm³/mol. The molecule has 2 N–H and O–H groups in total. The first-order valence-electron chi connectivity index (χ1n) is 10.3. The molecular weight excluding hydrogens is 384 g/mol. The Labute approximate surface area is 176 Å². The molecule has 1 heterocycles. The summed E-state index contributed by atoms with van der Waals surface area (Å²) in [5.41, 5.74) is 2.25. The third-order valence-electron chi connectivity index (χ3n) is 5.33. The highest BCUT2D eigenvalue weighted by Gasteiger charge is 2.26. The van der Waals surface area contributed by atoms with Crippen LogP contribution in [-0.2, 0) is 9.53 Å². The van der Waals surface area contributed by atoms with Crippen LogP contribution < -0.4 is 10.6 Å². The Morgan fingerprint density at radius 2 is 1.77 bits per heavy atom. The van der Waals surface area contributed by atoms with Crippen LogP contribution in [0.3, 0.4) is 0 Å². The van der Waals surface area contributed by atoms with E-state index >= 15 is 0 Å². The van der Waals surface area contributed by atoms with Gasteiger partial charge in [0.2, 0.25) is 0 Å². The maximum Gasteiger partial charge on any atom is 0.342 e. The summed E-state index contributed by atoms with van der Waals surface area (Å²) in [7, 11) is 0. The molecular formula is C22H28N4O4. The summed E-state index contributed by atoms with van der Waals surface area (Å²) in [6.07, 6.45) is 4.02. The quantitative estimate of drug-likeness (QED) is 0.734. The number of nitrogens with one attached hydrogen (secondary N) is 2. The first-order valence-corrected chi connectivity index (χ1v) is 10.3. The SMILES string of the molecule is Cc1nn(-c2ccccc2)c(C)c1C(=O)O[C@@H](C)C(=O)NC(=O)NC1CCCCC1. The van der Waals surface area contributed by atoms with Crippen LogP contribution in [0.25, 0.3) is 5.69 Å². The average molecular weight is 412 g/mol. The normalized spacial score (nSPS) is 15.3. The molecule has 1 aromatic carbocycles. The Kier molecular flexibility index (Phi) is 6.87.